The van der Waals surface area contributed by atoms with Crippen molar-refractivity contribution in [2.75, 3.05) is 0 Å². The fourth-order valence-electron chi connectivity index (χ4n) is 1.51. The first-order chi connectivity index (χ1) is 7.81. The van der Waals surface area contributed by atoms with Crippen molar-refractivity contribution >= 4 is 5.97 Å². The van der Waals surface area contributed by atoms with Gasteiger partial charge in [0.1, 0.15) is 5.60 Å². The second-order valence-electron chi connectivity index (χ2n) is 5.26. The van der Waals surface area contributed by atoms with E-state index in [4.69, 9.17) is 10.5 Å². The van der Waals surface area contributed by atoms with Gasteiger partial charge >= 0.3 is 5.97 Å². The number of carbonyl (C=O) groups is 1. The van der Waals surface area contributed by atoms with Gasteiger partial charge in [-0.05, 0) is 26.3 Å². The maximum absolute atomic E-state index is 11.9. The van der Waals surface area contributed by atoms with Gasteiger partial charge in [-0.1, -0.05) is 37.3 Å². The molecule has 0 radical (unpaired) electrons. The SMILES string of the molecule is CC(C(=O)OC(C)(C)C)C(N)c1ccccc1. The van der Waals surface area contributed by atoms with Crippen molar-refractivity contribution in [1.82, 2.24) is 0 Å². The quantitative estimate of drug-likeness (QED) is 0.819. The molecule has 0 fully saturated rings. The summed E-state index contributed by atoms with van der Waals surface area (Å²) >= 11 is 0. The Balaban J connectivity index is 2.70. The van der Waals surface area contributed by atoms with Gasteiger partial charge in [0.05, 0.1) is 5.92 Å². The van der Waals surface area contributed by atoms with Crippen molar-refractivity contribution in [3.05, 3.63) is 35.9 Å². The average Bonchev–Trinajstić information content (AvgIpc) is 2.26. The molecular weight excluding hydrogens is 214 g/mol. The van der Waals surface area contributed by atoms with E-state index in [-0.39, 0.29) is 17.9 Å². The van der Waals surface area contributed by atoms with Crippen molar-refractivity contribution in [2.45, 2.75) is 39.3 Å². The van der Waals surface area contributed by atoms with Crippen LogP contribution in [0.4, 0.5) is 0 Å². The molecule has 0 heterocycles. The van der Waals surface area contributed by atoms with Crippen LogP contribution in [0.2, 0.25) is 0 Å². The first kappa shape index (κ1) is 13.7. The summed E-state index contributed by atoms with van der Waals surface area (Å²) in [6, 6.07) is 9.27. The summed E-state index contributed by atoms with van der Waals surface area (Å²) in [6.45, 7) is 7.36. The van der Waals surface area contributed by atoms with E-state index in [1.165, 1.54) is 0 Å². The van der Waals surface area contributed by atoms with Crippen LogP contribution in [0.5, 0.6) is 0 Å². The van der Waals surface area contributed by atoms with Gasteiger partial charge in [0.25, 0.3) is 0 Å². The van der Waals surface area contributed by atoms with Crippen LogP contribution in [0.15, 0.2) is 30.3 Å². The second-order valence-corrected chi connectivity index (χ2v) is 5.26. The predicted octanol–water partition coefficient (Wildman–Crippen LogP) is 2.66. The number of ether oxygens (including phenoxy) is 1. The molecule has 0 amide bonds. The Labute approximate surface area is 103 Å². The summed E-state index contributed by atoms with van der Waals surface area (Å²) in [6.07, 6.45) is 0. The molecule has 1 rings (SSSR count). The van der Waals surface area contributed by atoms with Gasteiger partial charge in [0.2, 0.25) is 0 Å². The molecule has 0 saturated heterocycles. The molecular formula is C14H21NO2. The van der Waals surface area contributed by atoms with Crippen LogP contribution in [0, 0.1) is 5.92 Å². The van der Waals surface area contributed by atoms with E-state index in [2.05, 4.69) is 0 Å². The fraction of sp³-hybridized carbons (Fsp3) is 0.500. The zero-order valence-electron chi connectivity index (χ0n) is 10.9. The minimum Gasteiger partial charge on any atom is -0.460 e. The normalized spacial score (nSPS) is 15.1. The fourth-order valence-corrected chi connectivity index (χ4v) is 1.51. The molecule has 0 aliphatic carbocycles. The number of carbonyl (C=O) groups excluding carboxylic acids is 1. The molecule has 0 aliphatic heterocycles. The van der Waals surface area contributed by atoms with Crippen LogP contribution in [-0.4, -0.2) is 11.6 Å². The van der Waals surface area contributed by atoms with Crippen LogP contribution in [0.3, 0.4) is 0 Å². The largest absolute Gasteiger partial charge is 0.460 e. The summed E-state index contributed by atoms with van der Waals surface area (Å²) < 4.78 is 5.32. The van der Waals surface area contributed by atoms with E-state index >= 15 is 0 Å². The summed E-state index contributed by atoms with van der Waals surface area (Å²) in [5.41, 5.74) is 6.54. The molecule has 17 heavy (non-hydrogen) atoms. The molecule has 0 saturated carbocycles. The van der Waals surface area contributed by atoms with Crippen LogP contribution >= 0.6 is 0 Å². The lowest BCUT2D eigenvalue weighted by Crippen LogP contribution is -2.33. The van der Waals surface area contributed by atoms with Gasteiger partial charge < -0.3 is 10.5 Å². The monoisotopic (exact) mass is 235 g/mol. The maximum atomic E-state index is 11.9. The van der Waals surface area contributed by atoms with Crippen molar-refractivity contribution < 1.29 is 9.53 Å². The Bertz CT molecular complexity index is 368. The zero-order chi connectivity index (χ0) is 13.1. The molecule has 1 aromatic carbocycles. The first-order valence-electron chi connectivity index (χ1n) is 5.84. The molecule has 2 N–H and O–H groups in total. The first-order valence-corrected chi connectivity index (χ1v) is 5.84. The standard InChI is InChI=1S/C14H21NO2/c1-10(13(16)17-14(2,3)4)12(15)11-8-6-5-7-9-11/h5-10,12H,15H2,1-4H3. The van der Waals surface area contributed by atoms with Crippen molar-refractivity contribution in [2.24, 2.45) is 11.7 Å². The van der Waals surface area contributed by atoms with Gasteiger partial charge in [0, 0.05) is 6.04 Å². The third-order valence-corrected chi connectivity index (χ3v) is 2.50. The molecule has 0 bridgehead atoms. The van der Waals surface area contributed by atoms with Gasteiger partial charge in [-0.2, -0.15) is 0 Å². The van der Waals surface area contributed by atoms with Crippen molar-refractivity contribution in [1.29, 1.82) is 0 Å². The lowest BCUT2D eigenvalue weighted by atomic mass is 9.95. The van der Waals surface area contributed by atoms with Crippen LogP contribution in [0.1, 0.15) is 39.3 Å². The highest BCUT2D eigenvalue weighted by Crippen LogP contribution is 2.22. The Morgan fingerprint density at radius 2 is 1.76 bits per heavy atom. The van der Waals surface area contributed by atoms with Gasteiger partial charge in [-0.3, -0.25) is 4.79 Å². The third kappa shape index (κ3) is 4.19. The summed E-state index contributed by atoms with van der Waals surface area (Å²) in [5.74, 6) is -0.606. The minimum atomic E-state index is -0.470. The van der Waals surface area contributed by atoms with Gasteiger partial charge in [0.15, 0.2) is 0 Å². The van der Waals surface area contributed by atoms with E-state index in [1.54, 1.807) is 6.92 Å². The molecule has 2 unspecified atom stereocenters. The van der Waals surface area contributed by atoms with Crippen LogP contribution in [-0.2, 0) is 9.53 Å². The molecule has 0 aliphatic rings. The molecule has 2 atom stereocenters. The molecule has 0 spiro atoms. The Morgan fingerprint density at radius 1 is 1.24 bits per heavy atom. The number of nitrogens with two attached hydrogens (primary N) is 1. The molecule has 0 aromatic heterocycles. The topological polar surface area (TPSA) is 52.3 Å². The Hall–Kier alpha value is -1.35. The number of hydrogen-bond acceptors (Lipinski definition) is 3. The Morgan fingerprint density at radius 3 is 2.24 bits per heavy atom. The van der Waals surface area contributed by atoms with Gasteiger partial charge in [-0.25, -0.2) is 0 Å². The van der Waals surface area contributed by atoms with E-state index in [1.807, 2.05) is 51.1 Å². The Kier molecular flexibility index (Phi) is 4.29. The van der Waals surface area contributed by atoms with Crippen LogP contribution in [0.25, 0.3) is 0 Å². The summed E-state index contributed by atoms with van der Waals surface area (Å²) in [4.78, 5) is 11.9. The summed E-state index contributed by atoms with van der Waals surface area (Å²) in [7, 11) is 0. The molecule has 3 heteroatoms. The molecule has 94 valence electrons. The van der Waals surface area contributed by atoms with Crippen molar-refractivity contribution in [3.63, 3.8) is 0 Å². The van der Waals surface area contributed by atoms with Crippen LogP contribution < -0.4 is 5.73 Å². The number of benzene rings is 1. The van der Waals surface area contributed by atoms with E-state index in [0.717, 1.165) is 5.56 Å². The van der Waals surface area contributed by atoms with Crippen molar-refractivity contribution in [3.8, 4) is 0 Å². The second kappa shape index (κ2) is 5.32. The number of rotatable bonds is 3. The predicted molar refractivity (Wildman–Crippen MR) is 68.4 cm³/mol. The van der Waals surface area contributed by atoms with E-state index in [9.17, 15) is 4.79 Å². The average molecular weight is 235 g/mol. The number of hydrogen-bond donors (Lipinski definition) is 1. The lowest BCUT2D eigenvalue weighted by Gasteiger charge is -2.25. The molecule has 3 nitrogen and oxygen atoms in total. The van der Waals surface area contributed by atoms with Gasteiger partial charge in [-0.15, -0.1) is 0 Å². The highest BCUT2D eigenvalue weighted by Gasteiger charge is 2.27. The van der Waals surface area contributed by atoms with E-state index < -0.39 is 5.60 Å². The summed E-state index contributed by atoms with van der Waals surface area (Å²) in [5, 5.41) is 0. The molecule has 1 aromatic rings. The number of esters is 1. The smallest absolute Gasteiger partial charge is 0.311 e. The van der Waals surface area contributed by atoms with E-state index in [0.29, 0.717) is 0 Å². The third-order valence-electron chi connectivity index (χ3n) is 2.50. The highest BCUT2D eigenvalue weighted by molar-refractivity contribution is 5.73. The maximum Gasteiger partial charge on any atom is 0.311 e. The highest BCUT2D eigenvalue weighted by atomic mass is 16.6. The zero-order valence-corrected chi connectivity index (χ0v) is 10.9. The lowest BCUT2D eigenvalue weighted by molar-refractivity contribution is -0.160. The minimum absolute atomic E-state index is 0.256.